The summed E-state index contributed by atoms with van der Waals surface area (Å²) in [4.78, 5) is 50.7. The van der Waals surface area contributed by atoms with Crippen LogP contribution in [0.1, 0.15) is 107 Å². The molecule has 4 rings (SSSR count). The highest BCUT2D eigenvalue weighted by atomic mass is 16.5. The molecule has 0 bridgehead atoms. The Hall–Kier alpha value is -2.24. The van der Waals surface area contributed by atoms with Crippen LogP contribution in [0, 0.1) is 39.4 Å². The molecule has 6 heteroatoms. The number of aliphatic carboxylic acids is 1. The molecule has 2 saturated carbocycles. The van der Waals surface area contributed by atoms with Crippen LogP contribution in [0.3, 0.4) is 0 Å². The molecule has 0 unspecified atom stereocenters. The van der Waals surface area contributed by atoms with Gasteiger partial charge in [-0.25, -0.2) is 4.79 Å². The smallest absolute Gasteiger partial charge is 0.330 e. The quantitative estimate of drug-likeness (QED) is 0.314. The number of carbonyl (C=O) groups is 4. The highest BCUT2D eigenvalue weighted by Gasteiger charge is 2.69. The summed E-state index contributed by atoms with van der Waals surface area (Å²) < 4.78 is 6.17. The number of esters is 1. The monoisotopic (exact) mass is 526 g/mol. The second kappa shape index (κ2) is 9.45. The molecular formula is C32H46O6. The molecule has 0 radical (unpaired) electrons. The Bertz CT molecular complexity index is 1130. The van der Waals surface area contributed by atoms with Gasteiger partial charge in [0, 0.05) is 53.6 Å². The molecule has 0 heterocycles. The number of ketones is 2. The number of hydrogen-bond acceptors (Lipinski definition) is 5. The summed E-state index contributed by atoms with van der Waals surface area (Å²) in [5.41, 5.74) is 0.780. The highest BCUT2D eigenvalue weighted by molar-refractivity contribution is 6.01. The lowest BCUT2D eigenvalue weighted by molar-refractivity contribution is -0.167. The zero-order valence-corrected chi connectivity index (χ0v) is 24.5. The Balaban J connectivity index is 1.79. The standard InChI is InChI=1S/C32H46O6/c1-18(10-9-11-19(2)28(36)37)21-12-15-31(7)27-22(16-26(32(21,31)8)38-20(3)33)30(6)14-13-25(35)29(4,5)24(30)17-23(27)34/h11,18,21,24,26H,9-10,12-17H2,1-8H3,(H,36,37)/b19-11+/t18-,21-,24+,26-,30-,31+,32+/m1/s1. The van der Waals surface area contributed by atoms with Crippen molar-refractivity contribution in [2.45, 2.75) is 113 Å². The second-order valence-corrected chi connectivity index (χ2v) is 13.9. The molecule has 38 heavy (non-hydrogen) atoms. The van der Waals surface area contributed by atoms with Gasteiger partial charge in [-0.05, 0) is 62.2 Å². The molecule has 0 aromatic heterocycles. The summed E-state index contributed by atoms with van der Waals surface area (Å²) in [5.74, 6) is -0.330. The fourth-order valence-corrected chi connectivity index (χ4v) is 9.32. The molecule has 0 amide bonds. The number of ether oxygens (including phenoxy) is 1. The summed E-state index contributed by atoms with van der Waals surface area (Å²) in [6.07, 6.45) is 6.94. The van der Waals surface area contributed by atoms with E-state index >= 15 is 0 Å². The van der Waals surface area contributed by atoms with Crippen molar-refractivity contribution in [3.8, 4) is 0 Å². The molecule has 6 nitrogen and oxygen atoms in total. The van der Waals surface area contributed by atoms with Crippen LogP contribution in [0.15, 0.2) is 22.8 Å². The molecule has 0 aromatic carbocycles. The van der Waals surface area contributed by atoms with Crippen molar-refractivity contribution in [2.75, 3.05) is 0 Å². The molecule has 4 aliphatic rings. The van der Waals surface area contributed by atoms with Crippen molar-refractivity contribution < 1.29 is 29.0 Å². The van der Waals surface area contributed by atoms with Crippen molar-refractivity contribution in [3.05, 3.63) is 22.8 Å². The maximum Gasteiger partial charge on any atom is 0.330 e. The average Bonchev–Trinajstić information content (AvgIpc) is 3.10. The third kappa shape index (κ3) is 4.03. The number of carboxylic acid groups (broad SMARTS) is 1. The number of carboxylic acids is 1. The van der Waals surface area contributed by atoms with E-state index in [2.05, 4.69) is 27.7 Å². The van der Waals surface area contributed by atoms with Crippen LogP contribution in [0.25, 0.3) is 0 Å². The van der Waals surface area contributed by atoms with Crippen molar-refractivity contribution in [1.82, 2.24) is 0 Å². The van der Waals surface area contributed by atoms with Crippen LogP contribution in [-0.4, -0.2) is 34.7 Å². The molecule has 0 aromatic rings. The van der Waals surface area contributed by atoms with E-state index in [0.717, 1.165) is 36.8 Å². The summed E-state index contributed by atoms with van der Waals surface area (Å²) >= 11 is 0. The Morgan fingerprint density at radius 3 is 2.34 bits per heavy atom. The number of carbonyl (C=O) groups excluding carboxylic acids is 3. The van der Waals surface area contributed by atoms with Gasteiger partial charge in [0.1, 0.15) is 11.9 Å². The Morgan fingerprint density at radius 1 is 1.08 bits per heavy atom. The van der Waals surface area contributed by atoms with E-state index in [9.17, 15) is 24.3 Å². The van der Waals surface area contributed by atoms with E-state index in [1.165, 1.54) is 6.92 Å². The van der Waals surface area contributed by atoms with Gasteiger partial charge in [0.15, 0.2) is 5.78 Å². The van der Waals surface area contributed by atoms with Gasteiger partial charge in [-0.3, -0.25) is 14.4 Å². The van der Waals surface area contributed by atoms with Gasteiger partial charge in [0.2, 0.25) is 0 Å². The molecule has 0 aliphatic heterocycles. The SMILES string of the molecule is CC(=O)O[C@@H]1CC2=C(C(=O)C[C@H]3C(C)(C)C(=O)CC[C@]23C)[C@]2(C)CC[C@H]([C@H](C)CC/C=C(\C)C(=O)O)[C@@]12C. The van der Waals surface area contributed by atoms with Crippen molar-refractivity contribution >= 4 is 23.5 Å². The van der Waals surface area contributed by atoms with Gasteiger partial charge >= 0.3 is 11.9 Å². The first kappa shape index (κ1) is 28.8. The van der Waals surface area contributed by atoms with Gasteiger partial charge in [-0.2, -0.15) is 0 Å². The normalized spacial score (nSPS) is 39.3. The third-order valence-corrected chi connectivity index (χ3v) is 11.8. The van der Waals surface area contributed by atoms with E-state index in [1.807, 2.05) is 13.8 Å². The molecule has 4 aliphatic carbocycles. The van der Waals surface area contributed by atoms with Gasteiger partial charge in [-0.15, -0.1) is 0 Å². The molecule has 0 saturated heterocycles. The Kier molecular flexibility index (Phi) is 7.15. The van der Waals surface area contributed by atoms with E-state index in [4.69, 9.17) is 4.74 Å². The number of Topliss-reactive ketones (excluding diaryl/α,β-unsaturated/α-hetero) is 2. The maximum absolute atomic E-state index is 14.1. The number of hydrogen-bond donors (Lipinski definition) is 1. The van der Waals surface area contributed by atoms with Crippen molar-refractivity contribution in [1.29, 1.82) is 0 Å². The molecular weight excluding hydrogens is 480 g/mol. The van der Waals surface area contributed by atoms with E-state index in [0.29, 0.717) is 31.3 Å². The lowest BCUT2D eigenvalue weighted by Crippen LogP contribution is -2.60. The summed E-state index contributed by atoms with van der Waals surface area (Å²) in [7, 11) is 0. The maximum atomic E-state index is 14.1. The minimum absolute atomic E-state index is 0.0474. The Labute approximate surface area is 227 Å². The van der Waals surface area contributed by atoms with Gasteiger partial charge in [0.25, 0.3) is 0 Å². The number of fused-ring (bicyclic) bond motifs is 4. The van der Waals surface area contributed by atoms with Gasteiger partial charge in [-0.1, -0.05) is 53.2 Å². The van der Waals surface area contributed by atoms with Crippen LogP contribution >= 0.6 is 0 Å². The largest absolute Gasteiger partial charge is 0.478 e. The lowest BCUT2D eigenvalue weighted by atomic mass is 9.42. The summed E-state index contributed by atoms with van der Waals surface area (Å²) in [5, 5.41) is 9.22. The van der Waals surface area contributed by atoms with Crippen LogP contribution in [0.4, 0.5) is 0 Å². The molecule has 0 spiro atoms. The molecule has 1 N–H and O–H groups in total. The summed E-state index contributed by atoms with van der Waals surface area (Å²) in [6.45, 7) is 16.0. The van der Waals surface area contributed by atoms with E-state index < -0.39 is 22.2 Å². The van der Waals surface area contributed by atoms with Gasteiger partial charge < -0.3 is 9.84 Å². The Morgan fingerprint density at radius 2 is 1.74 bits per heavy atom. The summed E-state index contributed by atoms with van der Waals surface area (Å²) in [6, 6.07) is 0. The zero-order chi connectivity index (χ0) is 28.4. The number of rotatable bonds is 6. The average molecular weight is 527 g/mol. The second-order valence-electron chi connectivity index (χ2n) is 13.9. The van der Waals surface area contributed by atoms with Crippen LogP contribution in [-0.2, 0) is 23.9 Å². The van der Waals surface area contributed by atoms with E-state index in [-0.39, 0.29) is 46.8 Å². The highest BCUT2D eigenvalue weighted by Crippen LogP contribution is 2.72. The number of allylic oxidation sites excluding steroid dienone is 2. The molecule has 2 fully saturated rings. The van der Waals surface area contributed by atoms with Crippen LogP contribution in [0.5, 0.6) is 0 Å². The van der Waals surface area contributed by atoms with Crippen molar-refractivity contribution in [2.24, 2.45) is 39.4 Å². The lowest BCUT2D eigenvalue weighted by Gasteiger charge is -2.61. The zero-order valence-electron chi connectivity index (χ0n) is 24.5. The third-order valence-electron chi connectivity index (χ3n) is 11.8. The first-order chi connectivity index (χ1) is 17.5. The predicted molar refractivity (Wildman–Crippen MR) is 145 cm³/mol. The minimum Gasteiger partial charge on any atom is -0.478 e. The minimum atomic E-state index is -0.894. The van der Waals surface area contributed by atoms with Gasteiger partial charge in [0.05, 0.1) is 0 Å². The van der Waals surface area contributed by atoms with Crippen molar-refractivity contribution in [3.63, 3.8) is 0 Å². The topological polar surface area (TPSA) is 97.7 Å². The fraction of sp³-hybridized carbons (Fsp3) is 0.750. The molecule has 7 atom stereocenters. The molecule has 210 valence electrons. The van der Waals surface area contributed by atoms with E-state index in [1.54, 1.807) is 13.0 Å². The predicted octanol–water partition coefficient (Wildman–Crippen LogP) is 6.47. The first-order valence-corrected chi connectivity index (χ1v) is 14.4. The first-order valence-electron chi connectivity index (χ1n) is 14.4. The fourth-order valence-electron chi connectivity index (χ4n) is 9.32. The van der Waals surface area contributed by atoms with Crippen LogP contribution in [0.2, 0.25) is 0 Å². The van der Waals surface area contributed by atoms with Crippen LogP contribution < -0.4 is 0 Å².